The lowest BCUT2D eigenvalue weighted by Crippen LogP contribution is -2.34. The van der Waals surface area contributed by atoms with Gasteiger partial charge in [0.25, 0.3) is 0 Å². The molecule has 0 amide bonds. The summed E-state index contributed by atoms with van der Waals surface area (Å²) in [5, 5.41) is 9.46. The normalized spacial score (nSPS) is 19.8. The zero-order chi connectivity index (χ0) is 16.6. The molecule has 0 saturated heterocycles. The van der Waals surface area contributed by atoms with Crippen LogP contribution in [-0.4, -0.2) is 35.9 Å². The number of aliphatic carboxylic acids is 1. The van der Waals surface area contributed by atoms with Crippen LogP contribution >= 0.6 is 0 Å². The number of hydrogen-bond acceptors (Lipinski definition) is 4. The molecule has 1 aromatic carbocycles. The van der Waals surface area contributed by atoms with Crippen LogP contribution < -0.4 is 4.74 Å². The highest BCUT2D eigenvalue weighted by molar-refractivity contribution is 6.00. The van der Waals surface area contributed by atoms with Gasteiger partial charge in [0.15, 0.2) is 5.78 Å². The van der Waals surface area contributed by atoms with Crippen molar-refractivity contribution in [3.8, 4) is 5.75 Å². The summed E-state index contributed by atoms with van der Waals surface area (Å²) in [5.74, 6) is -0.336. The van der Waals surface area contributed by atoms with E-state index in [4.69, 9.17) is 4.74 Å². The molecule has 0 fully saturated rings. The Morgan fingerprint density at radius 2 is 2.17 bits per heavy atom. The van der Waals surface area contributed by atoms with Crippen molar-refractivity contribution in [2.75, 3.05) is 14.2 Å². The van der Waals surface area contributed by atoms with E-state index >= 15 is 0 Å². The summed E-state index contributed by atoms with van der Waals surface area (Å²) in [6, 6.07) is 5.03. The summed E-state index contributed by atoms with van der Waals surface area (Å²) >= 11 is 0. The average Bonchev–Trinajstić information content (AvgIpc) is 2.54. The summed E-state index contributed by atoms with van der Waals surface area (Å²) in [4.78, 5) is 25.5. The van der Waals surface area contributed by atoms with Crippen LogP contribution in [0.5, 0.6) is 5.75 Å². The molecule has 2 aliphatic rings. The van der Waals surface area contributed by atoms with Crippen molar-refractivity contribution < 1.29 is 19.4 Å². The van der Waals surface area contributed by atoms with E-state index in [1.807, 2.05) is 18.2 Å². The van der Waals surface area contributed by atoms with Gasteiger partial charge in [-0.25, -0.2) is 4.79 Å². The predicted octanol–water partition coefficient (Wildman–Crippen LogP) is 2.56. The number of likely N-dealkylation sites (N-methyl/N-ethyl adjacent to an activating group) is 1. The van der Waals surface area contributed by atoms with Gasteiger partial charge >= 0.3 is 5.97 Å². The molecule has 5 nitrogen and oxygen atoms in total. The first-order valence-corrected chi connectivity index (χ1v) is 7.28. The smallest absolute Gasteiger partial charge is 0.352 e. The first-order chi connectivity index (χ1) is 11.0. The van der Waals surface area contributed by atoms with E-state index < -0.39 is 12.0 Å². The predicted molar refractivity (Wildman–Crippen MR) is 86.0 cm³/mol. The number of hydrogen-bond donors (Lipinski definition) is 1. The number of carbonyl (C=O) groups excluding carboxylic acids is 1. The van der Waals surface area contributed by atoms with E-state index in [0.717, 1.165) is 11.1 Å². The Morgan fingerprint density at radius 1 is 1.39 bits per heavy atom. The van der Waals surface area contributed by atoms with Crippen LogP contribution in [0.25, 0.3) is 6.08 Å². The zero-order valence-corrected chi connectivity index (χ0v) is 12.9. The Morgan fingerprint density at radius 3 is 2.83 bits per heavy atom. The van der Waals surface area contributed by atoms with Crippen molar-refractivity contribution >= 4 is 17.8 Å². The van der Waals surface area contributed by atoms with Crippen LogP contribution in [0, 0.1) is 0 Å². The van der Waals surface area contributed by atoms with E-state index in [2.05, 4.69) is 0 Å². The molecule has 23 heavy (non-hydrogen) atoms. The molecular formula is C18H17NO4. The number of fused-ring (bicyclic) bond motifs is 1. The van der Waals surface area contributed by atoms with E-state index in [1.165, 1.54) is 0 Å². The quantitative estimate of drug-likeness (QED) is 0.929. The number of rotatable bonds is 3. The van der Waals surface area contributed by atoms with Gasteiger partial charge in [0.1, 0.15) is 11.4 Å². The van der Waals surface area contributed by atoms with Gasteiger partial charge in [0.05, 0.1) is 13.2 Å². The van der Waals surface area contributed by atoms with Gasteiger partial charge in [-0.3, -0.25) is 4.79 Å². The number of carboxylic acid groups (broad SMARTS) is 1. The highest BCUT2D eigenvalue weighted by Gasteiger charge is 2.34. The average molecular weight is 311 g/mol. The molecule has 5 heteroatoms. The number of allylic oxidation sites excluding steroid dienone is 3. The lowest BCUT2D eigenvalue weighted by Gasteiger charge is -2.36. The molecule has 1 atom stereocenters. The Labute approximate surface area is 134 Å². The Balaban J connectivity index is 2.20. The van der Waals surface area contributed by atoms with E-state index in [0.29, 0.717) is 17.7 Å². The maximum absolute atomic E-state index is 12.3. The first kappa shape index (κ1) is 15.1. The first-order valence-electron chi connectivity index (χ1n) is 7.28. The monoisotopic (exact) mass is 311 g/mol. The number of benzene rings is 1. The molecular weight excluding hydrogens is 294 g/mol. The minimum atomic E-state index is -1.02. The standard InChI is InChI=1S/C18H17NO4/c1-19-15(18(21)22)9-11-7-8-12(23-2)10-14(11)17(19)13-5-3-4-6-16(13)20/h3-5,7-10,17H,6H2,1-2H3,(H,21,22). The van der Waals surface area contributed by atoms with Crippen molar-refractivity contribution in [1.82, 2.24) is 4.90 Å². The number of nitrogens with zero attached hydrogens (tertiary/aromatic N) is 1. The second-order valence-corrected chi connectivity index (χ2v) is 5.52. The minimum absolute atomic E-state index is 0.00441. The lowest BCUT2D eigenvalue weighted by molar-refractivity contribution is -0.134. The van der Waals surface area contributed by atoms with Crippen LogP contribution in [0.15, 0.2) is 47.7 Å². The Hall–Kier alpha value is -2.82. The number of ether oxygens (including phenoxy) is 1. The number of Topliss-reactive ketones (excluding diaryl/α,β-unsaturated/α-hetero) is 1. The maximum atomic E-state index is 12.3. The van der Waals surface area contributed by atoms with Crippen molar-refractivity contribution in [3.05, 3.63) is 58.8 Å². The largest absolute Gasteiger partial charge is 0.497 e. The Bertz CT molecular complexity index is 773. The van der Waals surface area contributed by atoms with E-state index in [9.17, 15) is 14.7 Å². The fourth-order valence-electron chi connectivity index (χ4n) is 3.03. The summed E-state index contributed by atoms with van der Waals surface area (Å²) in [6.07, 6.45) is 7.36. The Kier molecular flexibility index (Phi) is 3.78. The molecule has 0 saturated carbocycles. The topological polar surface area (TPSA) is 66.8 Å². The fourth-order valence-corrected chi connectivity index (χ4v) is 3.03. The summed E-state index contributed by atoms with van der Waals surface area (Å²) in [6.45, 7) is 0. The van der Waals surface area contributed by atoms with Crippen molar-refractivity contribution in [3.63, 3.8) is 0 Å². The number of ketones is 1. The SMILES string of the molecule is COc1ccc2c(c1)C(C1=CC=CCC1=O)N(C)C(C(=O)O)=C2. The molecule has 1 aliphatic carbocycles. The number of methoxy groups -OCH3 is 1. The van der Waals surface area contributed by atoms with Gasteiger partial charge in [-0.2, -0.15) is 0 Å². The number of carboxylic acids is 1. The molecule has 1 N–H and O–H groups in total. The molecule has 0 radical (unpaired) electrons. The molecule has 0 aromatic heterocycles. The van der Waals surface area contributed by atoms with E-state index in [1.54, 1.807) is 43.4 Å². The number of carbonyl (C=O) groups is 2. The summed E-state index contributed by atoms with van der Waals surface area (Å²) in [5.41, 5.74) is 2.41. The third-order valence-corrected chi connectivity index (χ3v) is 4.20. The third kappa shape index (κ3) is 2.54. The summed E-state index contributed by atoms with van der Waals surface area (Å²) < 4.78 is 5.28. The molecule has 118 valence electrons. The van der Waals surface area contributed by atoms with Gasteiger partial charge in [0, 0.05) is 19.0 Å². The summed E-state index contributed by atoms with van der Waals surface area (Å²) in [7, 11) is 3.27. The zero-order valence-electron chi connectivity index (χ0n) is 12.9. The minimum Gasteiger partial charge on any atom is -0.497 e. The molecule has 1 unspecified atom stereocenters. The van der Waals surface area contributed by atoms with Crippen LogP contribution in [0.1, 0.15) is 23.6 Å². The third-order valence-electron chi connectivity index (χ3n) is 4.20. The van der Waals surface area contributed by atoms with Crippen LogP contribution in [0.4, 0.5) is 0 Å². The molecule has 1 aromatic rings. The van der Waals surface area contributed by atoms with E-state index in [-0.39, 0.29) is 11.5 Å². The molecule has 3 rings (SSSR count). The van der Waals surface area contributed by atoms with Crippen molar-refractivity contribution in [2.45, 2.75) is 12.5 Å². The highest BCUT2D eigenvalue weighted by atomic mass is 16.5. The van der Waals surface area contributed by atoms with Gasteiger partial charge < -0.3 is 14.7 Å². The molecule has 0 bridgehead atoms. The second-order valence-electron chi connectivity index (χ2n) is 5.52. The van der Waals surface area contributed by atoms with Crippen LogP contribution in [-0.2, 0) is 9.59 Å². The van der Waals surface area contributed by atoms with Crippen LogP contribution in [0.3, 0.4) is 0 Å². The fraction of sp³-hybridized carbons (Fsp3) is 0.222. The van der Waals surface area contributed by atoms with Gasteiger partial charge in [0.2, 0.25) is 0 Å². The molecule has 1 heterocycles. The van der Waals surface area contributed by atoms with Gasteiger partial charge in [-0.1, -0.05) is 24.3 Å². The molecule has 1 aliphatic heterocycles. The maximum Gasteiger partial charge on any atom is 0.352 e. The van der Waals surface area contributed by atoms with Crippen molar-refractivity contribution in [1.29, 1.82) is 0 Å². The second kappa shape index (κ2) is 5.76. The lowest BCUT2D eigenvalue weighted by atomic mass is 9.85. The van der Waals surface area contributed by atoms with Crippen molar-refractivity contribution in [2.24, 2.45) is 0 Å². The van der Waals surface area contributed by atoms with Gasteiger partial charge in [-0.15, -0.1) is 0 Å². The van der Waals surface area contributed by atoms with Gasteiger partial charge in [-0.05, 0) is 29.3 Å². The highest BCUT2D eigenvalue weighted by Crippen LogP contribution is 2.40. The molecule has 0 spiro atoms. The van der Waals surface area contributed by atoms with Crippen LogP contribution in [0.2, 0.25) is 0 Å².